The molecule has 1 aromatic heterocycles. The Morgan fingerprint density at radius 1 is 1.04 bits per heavy atom. The van der Waals surface area contributed by atoms with Crippen molar-refractivity contribution < 1.29 is 14.2 Å². The van der Waals surface area contributed by atoms with Crippen molar-refractivity contribution in [2.24, 2.45) is 5.92 Å². The molecule has 0 unspecified atom stereocenters. The maximum Gasteiger partial charge on any atom is 0.256 e. The van der Waals surface area contributed by atoms with Gasteiger partial charge in [0.25, 0.3) is 5.88 Å². The number of hydrogen-bond acceptors (Lipinski definition) is 5. The first-order valence-electron chi connectivity index (χ1n) is 9.62. The van der Waals surface area contributed by atoms with Gasteiger partial charge >= 0.3 is 0 Å². The van der Waals surface area contributed by atoms with Crippen molar-refractivity contribution >= 4 is 0 Å². The third-order valence-corrected chi connectivity index (χ3v) is 5.57. The van der Waals surface area contributed by atoms with E-state index in [1.165, 1.54) is 18.4 Å². The summed E-state index contributed by atoms with van der Waals surface area (Å²) in [6, 6.07) is 11.1. The summed E-state index contributed by atoms with van der Waals surface area (Å²) in [4.78, 5) is 4.31. The van der Waals surface area contributed by atoms with E-state index in [0.717, 1.165) is 24.1 Å². The van der Waals surface area contributed by atoms with Gasteiger partial charge in [-0.15, -0.1) is 0 Å². The molecule has 146 valence electrons. The fourth-order valence-electron chi connectivity index (χ4n) is 3.94. The Labute approximate surface area is 162 Å². The molecule has 0 spiro atoms. The van der Waals surface area contributed by atoms with Crippen molar-refractivity contribution in [2.45, 2.75) is 44.9 Å². The van der Waals surface area contributed by atoms with Gasteiger partial charge in [0.05, 0.1) is 20.3 Å². The first-order chi connectivity index (χ1) is 13.2. The predicted octanol–water partition coefficient (Wildman–Crippen LogP) is 4.06. The van der Waals surface area contributed by atoms with Crippen LogP contribution in [0.3, 0.4) is 0 Å². The number of hydrogen-bond donors (Lipinski definition) is 1. The van der Waals surface area contributed by atoms with Gasteiger partial charge in [-0.1, -0.05) is 37.6 Å². The summed E-state index contributed by atoms with van der Waals surface area (Å²) in [5.74, 6) is 1.81. The molecule has 1 N–H and O–H groups in total. The molecule has 1 aliphatic rings. The fourth-order valence-corrected chi connectivity index (χ4v) is 3.94. The minimum absolute atomic E-state index is 0.396. The maximum absolute atomic E-state index is 5.63. The maximum atomic E-state index is 5.63. The third-order valence-electron chi connectivity index (χ3n) is 5.57. The van der Waals surface area contributed by atoms with Gasteiger partial charge in [0.2, 0.25) is 0 Å². The summed E-state index contributed by atoms with van der Waals surface area (Å²) in [5.41, 5.74) is 3.40. The SMILES string of the molecule is CC[C@H]1C[C@@H](NCc2ccc(-c3cnc(OC)c(OC)c3)cc2)C[C@@H]1OC. The lowest BCUT2D eigenvalue weighted by Gasteiger charge is -2.14. The molecular weight excluding hydrogens is 340 g/mol. The minimum Gasteiger partial charge on any atom is -0.491 e. The van der Waals surface area contributed by atoms with E-state index >= 15 is 0 Å². The molecule has 3 rings (SSSR count). The van der Waals surface area contributed by atoms with E-state index in [2.05, 4.69) is 41.5 Å². The lowest BCUT2D eigenvalue weighted by Crippen LogP contribution is -2.26. The Hall–Kier alpha value is -2.11. The number of nitrogens with zero attached hydrogens (tertiary/aromatic N) is 1. The van der Waals surface area contributed by atoms with Crippen LogP contribution in [0.4, 0.5) is 0 Å². The molecule has 1 fully saturated rings. The molecule has 2 aromatic rings. The zero-order valence-corrected chi connectivity index (χ0v) is 16.7. The second kappa shape index (κ2) is 9.20. The molecule has 0 radical (unpaired) electrons. The van der Waals surface area contributed by atoms with Crippen molar-refractivity contribution in [3.63, 3.8) is 0 Å². The monoisotopic (exact) mass is 370 g/mol. The third kappa shape index (κ3) is 4.60. The number of methoxy groups -OCH3 is 3. The summed E-state index contributed by atoms with van der Waals surface area (Å²) in [7, 11) is 5.05. The molecule has 1 saturated carbocycles. The molecule has 0 amide bonds. The highest BCUT2D eigenvalue weighted by Crippen LogP contribution is 2.31. The molecular formula is C22H30N2O3. The smallest absolute Gasteiger partial charge is 0.256 e. The highest BCUT2D eigenvalue weighted by molar-refractivity contribution is 5.65. The topological polar surface area (TPSA) is 52.6 Å². The minimum atomic E-state index is 0.396. The van der Waals surface area contributed by atoms with Gasteiger partial charge in [0.1, 0.15) is 0 Å². The summed E-state index contributed by atoms with van der Waals surface area (Å²) in [6.45, 7) is 3.13. The van der Waals surface area contributed by atoms with Crippen molar-refractivity contribution in [3.8, 4) is 22.8 Å². The van der Waals surface area contributed by atoms with E-state index < -0.39 is 0 Å². The van der Waals surface area contributed by atoms with Gasteiger partial charge < -0.3 is 19.5 Å². The molecule has 1 heterocycles. The van der Waals surface area contributed by atoms with Crippen LogP contribution in [0.25, 0.3) is 11.1 Å². The number of ether oxygens (including phenoxy) is 3. The molecule has 1 aliphatic carbocycles. The molecule has 27 heavy (non-hydrogen) atoms. The van der Waals surface area contributed by atoms with E-state index in [4.69, 9.17) is 14.2 Å². The molecule has 0 aliphatic heterocycles. The second-order valence-corrected chi connectivity index (χ2v) is 7.12. The highest BCUT2D eigenvalue weighted by Gasteiger charge is 2.32. The summed E-state index contributed by atoms with van der Waals surface area (Å²) in [6.07, 6.45) is 5.69. The van der Waals surface area contributed by atoms with E-state index in [-0.39, 0.29) is 0 Å². The first-order valence-corrected chi connectivity index (χ1v) is 9.62. The van der Waals surface area contributed by atoms with E-state index in [9.17, 15) is 0 Å². The largest absolute Gasteiger partial charge is 0.491 e. The molecule has 3 atom stereocenters. The molecule has 1 aromatic carbocycles. The van der Waals surface area contributed by atoms with Crippen LogP contribution in [0, 0.1) is 5.92 Å². The average Bonchev–Trinajstić information content (AvgIpc) is 3.14. The van der Waals surface area contributed by atoms with E-state index in [0.29, 0.717) is 29.7 Å². The summed E-state index contributed by atoms with van der Waals surface area (Å²) >= 11 is 0. The van der Waals surface area contributed by atoms with Gasteiger partial charge in [-0.2, -0.15) is 0 Å². The van der Waals surface area contributed by atoms with Crippen LogP contribution in [0.1, 0.15) is 31.7 Å². The first kappa shape index (κ1) is 19.6. The fraction of sp³-hybridized carbons (Fsp3) is 0.500. The predicted molar refractivity (Wildman–Crippen MR) is 107 cm³/mol. The Kier molecular flexibility index (Phi) is 6.69. The van der Waals surface area contributed by atoms with Gasteiger partial charge in [0, 0.05) is 31.5 Å². The molecule has 0 saturated heterocycles. The van der Waals surface area contributed by atoms with Crippen LogP contribution in [-0.2, 0) is 11.3 Å². The zero-order chi connectivity index (χ0) is 19.2. The lowest BCUT2D eigenvalue weighted by atomic mass is 10.0. The Morgan fingerprint density at radius 2 is 1.81 bits per heavy atom. The quantitative estimate of drug-likeness (QED) is 0.759. The number of rotatable bonds is 8. The van der Waals surface area contributed by atoms with Crippen molar-refractivity contribution in [2.75, 3.05) is 21.3 Å². The number of pyridine rings is 1. The van der Waals surface area contributed by atoms with Crippen molar-refractivity contribution in [1.82, 2.24) is 10.3 Å². The van der Waals surface area contributed by atoms with Crippen LogP contribution in [0.15, 0.2) is 36.5 Å². The normalized spacial score (nSPS) is 22.0. The van der Waals surface area contributed by atoms with Gasteiger partial charge in [-0.3, -0.25) is 0 Å². The number of nitrogens with one attached hydrogen (secondary N) is 1. The van der Waals surface area contributed by atoms with E-state index in [1.54, 1.807) is 14.2 Å². The van der Waals surface area contributed by atoms with Crippen LogP contribution in [0.2, 0.25) is 0 Å². The van der Waals surface area contributed by atoms with Crippen LogP contribution in [0.5, 0.6) is 11.6 Å². The molecule has 5 nitrogen and oxygen atoms in total. The van der Waals surface area contributed by atoms with Gasteiger partial charge in [0.15, 0.2) is 5.75 Å². The standard InChI is InChI=1S/C22H30N2O3/c1-5-16-10-19(12-20(16)25-2)23-13-15-6-8-17(9-7-15)18-11-21(26-3)22(27-4)24-14-18/h6-9,11,14,16,19-20,23H,5,10,12-13H2,1-4H3/t16-,19+,20-/m0/s1. The Bertz CT molecular complexity index is 721. The Balaban J connectivity index is 1.61. The van der Waals surface area contributed by atoms with Gasteiger partial charge in [-0.25, -0.2) is 4.98 Å². The second-order valence-electron chi connectivity index (χ2n) is 7.12. The van der Waals surface area contributed by atoms with Crippen LogP contribution < -0.4 is 14.8 Å². The summed E-state index contributed by atoms with van der Waals surface area (Å²) in [5, 5.41) is 3.69. The van der Waals surface area contributed by atoms with Gasteiger partial charge in [-0.05, 0) is 36.0 Å². The van der Waals surface area contributed by atoms with Crippen molar-refractivity contribution in [3.05, 3.63) is 42.1 Å². The molecule has 5 heteroatoms. The van der Waals surface area contributed by atoms with Crippen molar-refractivity contribution in [1.29, 1.82) is 0 Å². The number of aromatic nitrogens is 1. The molecule has 0 bridgehead atoms. The van der Waals surface area contributed by atoms with E-state index in [1.807, 2.05) is 19.4 Å². The summed E-state index contributed by atoms with van der Waals surface area (Å²) < 4.78 is 16.2. The zero-order valence-electron chi connectivity index (χ0n) is 16.7. The highest BCUT2D eigenvalue weighted by atomic mass is 16.5. The van der Waals surface area contributed by atoms with Crippen LogP contribution in [-0.4, -0.2) is 38.5 Å². The Morgan fingerprint density at radius 3 is 2.41 bits per heavy atom. The lowest BCUT2D eigenvalue weighted by molar-refractivity contribution is 0.0691. The van der Waals surface area contributed by atoms with Crippen LogP contribution >= 0.6 is 0 Å². The number of benzene rings is 1. The average molecular weight is 370 g/mol.